The molecule has 21 heavy (non-hydrogen) atoms. The Kier molecular flexibility index (Phi) is 3.27. The molecule has 0 spiro atoms. The van der Waals surface area contributed by atoms with Crippen molar-refractivity contribution in [3.05, 3.63) is 71.0 Å². The molecule has 1 saturated carbocycles. The number of fused-ring (bicyclic) bond motifs is 1. The fraction of sp³-hybridized carbons (Fsp3) is 0.368. The molecule has 4 rings (SSSR count). The SMILES string of the molecule is Fc1cccc(C2CC(NC3Cc4ccccc4C3)C2)c1. The van der Waals surface area contributed by atoms with Gasteiger partial charge in [0.2, 0.25) is 0 Å². The Labute approximate surface area is 125 Å². The summed E-state index contributed by atoms with van der Waals surface area (Å²) in [6.07, 6.45) is 4.57. The molecule has 0 bridgehead atoms. The van der Waals surface area contributed by atoms with Crippen LogP contribution in [0.2, 0.25) is 0 Å². The van der Waals surface area contributed by atoms with Gasteiger partial charge >= 0.3 is 0 Å². The minimum Gasteiger partial charge on any atom is -0.311 e. The molecule has 0 aliphatic heterocycles. The average Bonchev–Trinajstić information content (AvgIpc) is 2.84. The summed E-state index contributed by atoms with van der Waals surface area (Å²) in [5.74, 6) is 0.414. The molecule has 2 heteroatoms. The maximum atomic E-state index is 13.2. The number of rotatable bonds is 3. The van der Waals surface area contributed by atoms with E-state index in [0.717, 1.165) is 31.2 Å². The molecule has 0 atom stereocenters. The molecule has 0 saturated heterocycles. The van der Waals surface area contributed by atoms with Crippen LogP contribution in [-0.2, 0) is 12.8 Å². The predicted molar refractivity (Wildman–Crippen MR) is 82.9 cm³/mol. The second kappa shape index (κ2) is 5.27. The Morgan fingerprint density at radius 2 is 1.57 bits per heavy atom. The van der Waals surface area contributed by atoms with Crippen molar-refractivity contribution in [1.29, 1.82) is 0 Å². The molecule has 0 heterocycles. The lowest BCUT2D eigenvalue weighted by Crippen LogP contribution is -2.45. The Morgan fingerprint density at radius 3 is 2.24 bits per heavy atom. The molecule has 0 radical (unpaired) electrons. The number of nitrogens with one attached hydrogen (secondary N) is 1. The van der Waals surface area contributed by atoms with E-state index in [1.807, 2.05) is 6.07 Å². The van der Waals surface area contributed by atoms with Gasteiger partial charge in [-0.2, -0.15) is 0 Å². The van der Waals surface area contributed by atoms with E-state index in [-0.39, 0.29) is 5.82 Å². The van der Waals surface area contributed by atoms with E-state index in [4.69, 9.17) is 0 Å². The summed E-state index contributed by atoms with van der Waals surface area (Å²) in [4.78, 5) is 0. The third-order valence-electron chi connectivity index (χ3n) is 4.98. The molecule has 1 N–H and O–H groups in total. The van der Waals surface area contributed by atoms with Crippen molar-refractivity contribution in [1.82, 2.24) is 5.32 Å². The normalized spacial score (nSPS) is 24.6. The highest BCUT2D eigenvalue weighted by molar-refractivity contribution is 5.33. The number of hydrogen-bond donors (Lipinski definition) is 1. The number of hydrogen-bond acceptors (Lipinski definition) is 1. The molecule has 2 aliphatic carbocycles. The van der Waals surface area contributed by atoms with Gasteiger partial charge in [0.1, 0.15) is 5.82 Å². The summed E-state index contributed by atoms with van der Waals surface area (Å²) < 4.78 is 13.2. The van der Waals surface area contributed by atoms with Crippen molar-refractivity contribution in [3.8, 4) is 0 Å². The lowest BCUT2D eigenvalue weighted by Gasteiger charge is -2.38. The molecule has 2 aromatic rings. The van der Waals surface area contributed by atoms with Crippen molar-refractivity contribution in [2.24, 2.45) is 0 Å². The second-order valence-corrected chi connectivity index (χ2v) is 6.46. The molecule has 2 aromatic carbocycles. The van der Waals surface area contributed by atoms with Crippen LogP contribution in [0.3, 0.4) is 0 Å². The Hall–Kier alpha value is -1.67. The Balaban J connectivity index is 1.32. The first-order valence-electron chi connectivity index (χ1n) is 7.86. The van der Waals surface area contributed by atoms with Crippen LogP contribution in [0.5, 0.6) is 0 Å². The zero-order valence-electron chi connectivity index (χ0n) is 12.1. The zero-order valence-corrected chi connectivity index (χ0v) is 12.1. The van der Waals surface area contributed by atoms with Crippen LogP contribution in [-0.4, -0.2) is 12.1 Å². The van der Waals surface area contributed by atoms with Crippen LogP contribution < -0.4 is 5.32 Å². The molecule has 0 aromatic heterocycles. The Morgan fingerprint density at radius 1 is 0.857 bits per heavy atom. The van der Waals surface area contributed by atoms with Gasteiger partial charge in [-0.1, -0.05) is 36.4 Å². The van der Waals surface area contributed by atoms with E-state index in [0.29, 0.717) is 18.0 Å². The second-order valence-electron chi connectivity index (χ2n) is 6.46. The van der Waals surface area contributed by atoms with E-state index < -0.39 is 0 Å². The first-order chi connectivity index (χ1) is 10.3. The van der Waals surface area contributed by atoms with Crippen LogP contribution in [0.15, 0.2) is 48.5 Å². The third kappa shape index (κ3) is 2.60. The van der Waals surface area contributed by atoms with E-state index in [2.05, 4.69) is 35.6 Å². The lowest BCUT2D eigenvalue weighted by atomic mass is 9.75. The highest BCUT2D eigenvalue weighted by Gasteiger charge is 2.33. The molecular weight excluding hydrogens is 261 g/mol. The topological polar surface area (TPSA) is 12.0 Å². The van der Waals surface area contributed by atoms with Crippen molar-refractivity contribution >= 4 is 0 Å². The third-order valence-corrected chi connectivity index (χ3v) is 4.98. The fourth-order valence-electron chi connectivity index (χ4n) is 3.80. The number of benzene rings is 2. The molecule has 2 aliphatic rings. The van der Waals surface area contributed by atoms with Crippen molar-refractivity contribution in [2.45, 2.75) is 43.7 Å². The van der Waals surface area contributed by atoms with Gasteiger partial charge in [-0.15, -0.1) is 0 Å². The van der Waals surface area contributed by atoms with Crippen molar-refractivity contribution < 1.29 is 4.39 Å². The summed E-state index contributed by atoms with van der Waals surface area (Å²) in [6.45, 7) is 0. The van der Waals surface area contributed by atoms with Gasteiger partial charge in [0, 0.05) is 12.1 Å². The van der Waals surface area contributed by atoms with Crippen LogP contribution in [0.4, 0.5) is 4.39 Å². The largest absolute Gasteiger partial charge is 0.311 e. The van der Waals surface area contributed by atoms with Gasteiger partial charge in [0.15, 0.2) is 0 Å². The fourth-order valence-corrected chi connectivity index (χ4v) is 3.80. The van der Waals surface area contributed by atoms with Gasteiger partial charge in [0.25, 0.3) is 0 Å². The zero-order chi connectivity index (χ0) is 14.2. The van der Waals surface area contributed by atoms with Gasteiger partial charge in [-0.25, -0.2) is 4.39 Å². The maximum absolute atomic E-state index is 13.2. The quantitative estimate of drug-likeness (QED) is 0.901. The standard InChI is InChI=1S/C19H20FN/c20-17-7-3-6-13(8-17)16-11-19(12-16)21-18-9-14-4-1-2-5-15(14)10-18/h1-8,16,18-19,21H,9-12H2. The van der Waals surface area contributed by atoms with Crippen molar-refractivity contribution in [2.75, 3.05) is 0 Å². The van der Waals surface area contributed by atoms with Gasteiger partial charge in [-0.05, 0) is 60.4 Å². The molecule has 1 nitrogen and oxygen atoms in total. The summed E-state index contributed by atoms with van der Waals surface area (Å²) in [7, 11) is 0. The summed E-state index contributed by atoms with van der Waals surface area (Å²) >= 11 is 0. The minimum absolute atomic E-state index is 0.116. The van der Waals surface area contributed by atoms with Gasteiger partial charge in [-0.3, -0.25) is 0 Å². The van der Waals surface area contributed by atoms with Gasteiger partial charge in [0.05, 0.1) is 0 Å². The van der Waals surface area contributed by atoms with E-state index in [1.165, 1.54) is 17.2 Å². The smallest absolute Gasteiger partial charge is 0.123 e. The van der Waals surface area contributed by atoms with Gasteiger partial charge < -0.3 is 5.32 Å². The summed E-state index contributed by atoms with van der Waals surface area (Å²) in [5, 5.41) is 3.78. The first kappa shape index (κ1) is 13.0. The monoisotopic (exact) mass is 281 g/mol. The Bertz CT molecular complexity index is 621. The van der Waals surface area contributed by atoms with E-state index in [1.54, 1.807) is 6.07 Å². The lowest BCUT2D eigenvalue weighted by molar-refractivity contribution is 0.266. The molecule has 108 valence electrons. The molecule has 0 amide bonds. The summed E-state index contributed by atoms with van der Waals surface area (Å²) in [5.41, 5.74) is 4.15. The average molecular weight is 281 g/mol. The van der Waals surface area contributed by atoms with Crippen LogP contribution in [0.25, 0.3) is 0 Å². The highest BCUT2D eigenvalue weighted by atomic mass is 19.1. The van der Waals surface area contributed by atoms with Crippen LogP contribution in [0.1, 0.15) is 35.4 Å². The maximum Gasteiger partial charge on any atom is 0.123 e. The predicted octanol–water partition coefficient (Wildman–Crippen LogP) is 3.83. The number of halogens is 1. The van der Waals surface area contributed by atoms with E-state index >= 15 is 0 Å². The molecule has 0 unspecified atom stereocenters. The first-order valence-corrected chi connectivity index (χ1v) is 7.86. The van der Waals surface area contributed by atoms with Crippen LogP contribution in [0, 0.1) is 5.82 Å². The van der Waals surface area contributed by atoms with E-state index in [9.17, 15) is 4.39 Å². The molecular formula is C19H20FN. The van der Waals surface area contributed by atoms with Crippen molar-refractivity contribution in [3.63, 3.8) is 0 Å². The molecule has 1 fully saturated rings. The summed E-state index contributed by atoms with van der Waals surface area (Å²) in [6, 6.07) is 17.0. The minimum atomic E-state index is -0.116. The highest BCUT2D eigenvalue weighted by Crippen LogP contribution is 2.38. The van der Waals surface area contributed by atoms with Crippen LogP contribution >= 0.6 is 0 Å².